The van der Waals surface area contributed by atoms with Crippen LogP contribution in [-0.4, -0.2) is 69.3 Å². The van der Waals surface area contributed by atoms with Gasteiger partial charge in [-0.1, -0.05) is 80.9 Å². The lowest BCUT2D eigenvalue weighted by molar-refractivity contribution is -0.255. The van der Waals surface area contributed by atoms with Gasteiger partial charge in [0.2, 0.25) is 0 Å². The number of aliphatic carboxylic acids is 1. The summed E-state index contributed by atoms with van der Waals surface area (Å²) in [4.78, 5) is 22.8. The molecule has 3 saturated carbocycles. The molecule has 2 aromatic rings. The number of hydrogen-bond acceptors (Lipinski definition) is 7. The zero-order valence-corrected chi connectivity index (χ0v) is 35.3. The zero-order valence-electron chi connectivity index (χ0n) is 35.3. The lowest BCUT2D eigenvalue weighted by Crippen LogP contribution is -2.70. The summed E-state index contributed by atoms with van der Waals surface area (Å²) in [6.07, 6.45) is 13.3. The monoisotopic (exact) mass is 744 g/mol. The molecule has 0 spiro atoms. The molecule has 9 heteroatoms. The van der Waals surface area contributed by atoms with E-state index in [1.807, 2.05) is 31.6 Å². The molecule has 0 radical (unpaired) electrons. The SMILES string of the molecule is CN[C@@](C)(CO[C@H]1[C@H](n2ncnc2-c2ccncc2)C[C@]2(C)COC[C@@]13C1=CC[C@@]4(C)[C@H](C(=O)O)[C@@](C)([C@H](C)C(C)C)CC[C@]4(C)[C@H]1CC[C@H]23)C(C)(C)C. The lowest BCUT2D eigenvalue weighted by Gasteiger charge is -2.71. The molecule has 0 aromatic carbocycles. The van der Waals surface area contributed by atoms with Gasteiger partial charge in [0.15, 0.2) is 5.82 Å². The highest BCUT2D eigenvalue weighted by Crippen LogP contribution is 2.75. The van der Waals surface area contributed by atoms with Gasteiger partial charge in [0.1, 0.15) is 6.33 Å². The number of hydrogen-bond donors (Lipinski definition) is 2. The Bertz CT molecular complexity index is 1750. The van der Waals surface area contributed by atoms with Crippen LogP contribution in [0.5, 0.6) is 0 Å². The summed E-state index contributed by atoms with van der Waals surface area (Å²) in [6, 6.07) is 3.94. The van der Waals surface area contributed by atoms with Gasteiger partial charge >= 0.3 is 5.97 Å². The molecule has 4 aliphatic carbocycles. The van der Waals surface area contributed by atoms with Crippen molar-refractivity contribution in [3.8, 4) is 11.4 Å². The Morgan fingerprint density at radius 1 is 1.06 bits per heavy atom. The molecule has 298 valence electrons. The Morgan fingerprint density at radius 2 is 1.76 bits per heavy atom. The molecule has 2 N–H and O–H groups in total. The van der Waals surface area contributed by atoms with E-state index in [1.54, 1.807) is 6.33 Å². The molecule has 7 rings (SSSR count). The van der Waals surface area contributed by atoms with Crippen molar-refractivity contribution in [1.29, 1.82) is 0 Å². The molecule has 2 aromatic heterocycles. The van der Waals surface area contributed by atoms with Crippen molar-refractivity contribution in [1.82, 2.24) is 25.1 Å². The zero-order chi connectivity index (χ0) is 39.3. The Hall–Kier alpha value is -2.62. The predicted molar refractivity (Wildman–Crippen MR) is 213 cm³/mol. The van der Waals surface area contributed by atoms with Gasteiger partial charge in [-0.3, -0.25) is 9.78 Å². The molecule has 9 nitrogen and oxygen atoms in total. The van der Waals surface area contributed by atoms with Crippen LogP contribution < -0.4 is 5.32 Å². The summed E-state index contributed by atoms with van der Waals surface area (Å²) in [5.41, 5.74) is 0.709. The quantitative estimate of drug-likeness (QED) is 0.245. The minimum absolute atomic E-state index is 0.0712. The van der Waals surface area contributed by atoms with Crippen LogP contribution in [0.15, 0.2) is 42.5 Å². The summed E-state index contributed by atoms with van der Waals surface area (Å²) in [5, 5.41) is 19.9. The maximum absolute atomic E-state index is 13.7. The van der Waals surface area contributed by atoms with Crippen molar-refractivity contribution in [3.63, 3.8) is 0 Å². The number of aromatic nitrogens is 4. The normalized spacial score (nSPS) is 40.8. The average Bonchev–Trinajstić information content (AvgIpc) is 3.60. The Balaban J connectivity index is 1.41. The fourth-order valence-electron chi connectivity index (χ4n) is 13.2. The number of carboxylic acids is 1. The van der Waals surface area contributed by atoms with Gasteiger partial charge in [-0.2, -0.15) is 5.10 Å². The van der Waals surface area contributed by atoms with E-state index >= 15 is 0 Å². The van der Waals surface area contributed by atoms with Crippen LogP contribution in [0.4, 0.5) is 0 Å². The first-order valence-electron chi connectivity index (χ1n) is 20.9. The first-order valence-corrected chi connectivity index (χ1v) is 20.9. The second kappa shape index (κ2) is 13.2. The van der Waals surface area contributed by atoms with Crippen LogP contribution in [0, 0.1) is 62.1 Å². The van der Waals surface area contributed by atoms with Gasteiger partial charge in [-0.25, -0.2) is 9.67 Å². The third-order valence-electron chi connectivity index (χ3n) is 17.6. The van der Waals surface area contributed by atoms with E-state index in [0.717, 1.165) is 49.9 Å². The first kappa shape index (κ1) is 39.6. The number of pyridine rings is 1. The third-order valence-corrected chi connectivity index (χ3v) is 17.6. The van der Waals surface area contributed by atoms with Gasteiger partial charge in [-0.05, 0) is 115 Å². The standard InChI is InChI=1S/C45H69N5O4/c1-28(2)29(3)41(8)19-20-42(9)31-13-14-34-40(7)23-33(50-37(48-27-49-50)30-16-21-47-22-17-30)36(54-25-44(11,46-12)39(4,5)6)45(34,26-53-24-40)32(31)15-18-43(42,10)35(41)38(51)52/h15-17,21-22,27-29,31,33-36,46H,13-14,18-20,23-26H2,1-12H3,(H,51,52)/t29-,31+,33-,34-,35-,36+,40-,41-,42-,43+,44+,45+/m1/s1. The number of likely N-dealkylation sites (N-methyl/N-ethyl adjacent to an activating group) is 1. The molecule has 2 bridgehead atoms. The highest BCUT2D eigenvalue weighted by molar-refractivity contribution is 5.73. The van der Waals surface area contributed by atoms with Crippen molar-refractivity contribution < 1.29 is 19.4 Å². The molecular formula is C45H69N5O4. The number of allylic oxidation sites excluding steroid dienone is 1. The van der Waals surface area contributed by atoms with Crippen molar-refractivity contribution >= 4 is 5.97 Å². The maximum Gasteiger partial charge on any atom is 0.307 e. The highest BCUT2D eigenvalue weighted by atomic mass is 16.5. The summed E-state index contributed by atoms with van der Waals surface area (Å²) < 4.78 is 16.6. The minimum atomic E-state index is -0.627. The van der Waals surface area contributed by atoms with Gasteiger partial charge < -0.3 is 19.9 Å². The third kappa shape index (κ3) is 5.47. The van der Waals surface area contributed by atoms with Crippen molar-refractivity contribution in [2.24, 2.45) is 62.1 Å². The first-order chi connectivity index (χ1) is 25.2. The number of rotatable bonds is 9. The van der Waals surface area contributed by atoms with Crippen molar-refractivity contribution in [2.75, 3.05) is 26.9 Å². The Kier molecular flexibility index (Phi) is 9.70. The van der Waals surface area contributed by atoms with Crippen molar-refractivity contribution in [2.45, 2.75) is 132 Å². The van der Waals surface area contributed by atoms with Crippen LogP contribution in [0.25, 0.3) is 11.4 Å². The minimum Gasteiger partial charge on any atom is -0.481 e. The van der Waals surface area contributed by atoms with Crippen LogP contribution >= 0.6 is 0 Å². The predicted octanol–water partition coefficient (Wildman–Crippen LogP) is 8.88. The number of ether oxygens (including phenoxy) is 2. The average molecular weight is 744 g/mol. The molecule has 4 fully saturated rings. The van der Waals surface area contributed by atoms with E-state index in [9.17, 15) is 9.90 Å². The second-order valence-electron chi connectivity index (χ2n) is 21.0. The van der Waals surface area contributed by atoms with E-state index in [4.69, 9.17) is 19.6 Å². The Morgan fingerprint density at radius 3 is 2.39 bits per heavy atom. The number of carboxylic acid groups (broad SMARTS) is 1. The van der Waals surface area contributed by atoms with Crippen LogP contribution in [-0.2, 0) is 14.3 Å². The van der Waals surface area contributed by atoms with Crippen LogP contribution in [0.2, 0.25) is 0 Å². The van der Waals surface area contributed by atoms with Gasteiger partial charge in [0.25, 0.3) is 0 Å². The fraction of sp³-hybridized carbons (Fsp3) is 0.778. The molecule has 1 saturated heterocycles. The maximum atomic E-state index is 13.7. The number of carbonyl (C=O) groups is 1. The number of nitrogens with zero attached hydrogens (tertiary/aromatic N) is 4. The summed E-state index contributed by atoms with van der Waals surface area (Å²) in [7, 11) is 2.05. The largest absolute Gasteiger partial charge is 0.481 e. The summed E-state index contributed by atoms with van der Waals surface area (Å²) in [6.45, 7) is 27.3. The summed E-state index contributed by atoms with van der Waals surface area (Å²) in [5.74, 6) is 1.08. The Labute approximate surface area is 324 Å². The van der Waals surface area contributed by atoms with E-state index in [2.05, 4.69) is 97.2 Å². The van der Waals surface area contributed by atoms with Crippen LogP contribution in [0.1, 0.15) is 121 Å². The van der Waals surface area contributed by atoms with Gasteiger partial charge in [0.05, 0.1) is 37.9 Å². The fourth-order valence-corrected chi connectivity index (χ4v) is 13.2. The van der Waals surface area contributed by atoms with E-state index < -0.39 is 22.7 Å². The van der Waals surface area contributed by atoms with Crippen LogP contribution in [0.3, 0.4) is 0 Å². The van der Waals surface area contributed by atoms with Gasteiger partial charge in [0, 0.05) is 28.9 Å². The highest BCUT2D eigenvalue weighted by Gasteiger charge is 2.73. The molecule has 0 unspecified atom stereocenters. The number of nitrogens with one attached hydrogen (secondary N) is 1. The topological polar surface area (TPSA) is 111 Å². The molecule has 0 amide bonds. The molecule has 3 heterocycles. The van der Waals surface area contributed by atoms with E-state index in [-0.39, 0.29) is 45.3 Å². The van der Waals surface area contributed by atoms with E-state index in [1.165, 1.54) is 5.57 Å². The molecule has 5 aliphatic rings. The second-order valence-corrected chi connectivity index (χ2v) is 21.0. The smallest absolute Gasteiger partial charge is 0.307 e. The molecule has 12 atom stereocenters. The van der Waals surface area contributed by atoms with Crippen molar-refractivity contribution in [3.05, 3.63) is 42.5 Å². The molecule has 1 aliphatic heterocycles. The number of fused-ring (bicyclic) bond motifs is 3. The summed E-state index contributed by atoms with van der Waals surface area (Å²) >= 11 is 0. The molecule has 54 heavy (non-hydrogen) atoms. The molecular weight excluding hydrogens is 675 g/mol. The van der Waals surface area contributed by atoms with Gasteiger partial charge in [-0.15, -0.1) is 0 Å². The van der Waals surface area contributed by atoms with E-state index in [0.29, 0.717) is 37.6 Å². The lowest BCUT2D eigenvalue weighted by atomic mass is 9.34.